The fraction of sp³-hybridized carbons (Fsp3) is 0.429. The number of benzene rings is 2. The zero-order valence-electron chi connectivity index (χ0n) is 21.9. The summed E-state index contributed by atoms with van der Waals surface area (Å²) >= 11 is 0. The van der Waals surface area contributed by atoms with Crippen molar-refractivity contribution in [3.63, 3.8) is 0 Å². The van der Waals surface area contributed by atoms with E-state index in [1.807, 2.05) is 0 Å². The molecule has 0 atom stereocenters. The monoisotopic (exact) mass is 555 g/mol. The molecule has 1 aliphatic carbocycles. The first-order valence-electron chi connectivity index (χ1n) is 13.2. The van der Waals surface area contributed by atoms with E-state index in [4.69, 9.17) is 4.74 Å². The van der Waals surface area contributed by atoms with Crippen LogP contribution in [0.1, 0.15) is 55.8 Å². The second kappa shape index (κ2) is 12.4. The van der Waals surface area contributed by atoms with Gasteiger partial charge >= 0.3 is 11.7 Å². The molecule has 0 bridgehead atoms. The Bertz CT molecular complexity index is 1580. The summed E-state index contributed by atoms with van der Waals surface area (Å²) in [6.07, 6.45) is 4.25. The van der Waals surface area contributed by atoms with Crippen LogP contribution in [0.4, 0.5) is 5.69 Å². The highest BCUT2D eigenvalue weighted by Crippen LogP contribution is 2.24. The molecule has 10 nitrogen and oxygen atoms in total. The van der Waals surface area contributed by atoms with E-state index in [0.717, 1.165) is 23.8 Å². The lowest BCUT2D eigenvalue weighted by Gasteiger charge is -2.21. The quantitative estimate of drug-likeness (QED) is 0.380. The van der Waals surface area contributed by atoms with Crippen LogP contribution in [-0.2, 0) is 32.5 Å². The molecule has 11 heteroatoms. The number of sulfone groups is 1. The number of hydrogen-bond acceptors (Lipinski definition) is 7. The Kier molecular flexibility index (Phi) is 9.01. The lowest BCUT2D eigenvalue weighted by Crippen LogP contribution is -2.42. The van der Waals surface area contributed by atoms with Crippen LogP contribution in [0.15, 0.2) is 58.1 Å². The molecule has 1 heterocycles. The number of anilines is 1. The summed E-state index contributed by atoms with van der Waals surface area (Å²) in [6.45, 7) is 1.35. The van der Waals surface area contributed by atoms with Gasteiger partial charge in [0.05, 0.1) is 39.8 Å². The van der Waals surface area contributed by atoms with Crippen molar-refractivity contribution in [2.75, 3.05) is 17.7 Å². The molecule has 0 radical (unpaired) electrons. The van der Waals surface area contributed by atoms with Crippen LogP contribution in [0.2, 0.25) is 0 Å². The number of carbonyl (C=O) groups excluding carboxylic acids is 2. The van der Waals surface area contributed by atoms with Gasteiger partial charge in [-0.2, -0.15) is 0 Å². The normalized spacial score (nSPS) is 14.3. The van der Waals surface area contributed by atoms with Gasteiger partial charge in [0.15, 0.2) is 9.84 Å². The molecule has 1 saturated carbocycles. The van der Waals surface area contributed by atoms with Gasteiger partial charge in [0.25, 0.3) is 5.56 Å². The molecule has 1 aliphatic rings. The standard InChI is InChI=1S/C28H33N3O7S/c1-2-38-27(34)21-13-6-8-15-23(21)29-25(32)19-31-24-16-9-7-14-22(24)26(33)30(28(31)35)17-10-18-39(36,37)20-11-4-3-5-12-20/h6-9,13-16,20H,2-5,10-12,17-19H2,1H3,(H,29,32). The molecule has 0 spiro atoms. The summed E-state index contributed by atoms with van der Waals surface area (Å²) in [6, 6.07) is 12.8. The van der Waals surface area contributed by atoms with Gasteiger partial charge in [-0.25, -0.2) is 18.0 Å². The number of esters is 1. The third kappa shape index (κ3) is 6.47. The van der Waals surface area contributed by atoms with Gasteiger partial charge in [-0.1, -0.05) is 43.5 Å². The second-order valence-corrected chi connectivity index (χ2v) is 12.0. The predicted octanol–water partition coefficient (Wildman–Crippen LogP) is 3.12. The Labute approximate surface area is 226 Å². The molecule has 1 fully saturated rings. The lowest BCUT2D eigenvalue weighted by atomic mass is 10.0. The van der Waals surface area contributed by atoms with E-state index in [0.29, 0.717) is 12.8 Å². The maximum Gasteiger partial charge on any atom is 0.340 e. The zero-order valence-corrected chi connectivity index (χ0v) is 22.7. The molecular formula is C28H33N3O7S. The van der Waals surface area contributed by atoms with Gasteiger partial charge in [0, 0.05) is 6.54 Å². The Balaban J connectivity index is 1.58. The summed E-state index contributed by atoms with van der Waals surface area (Å²) in [7, 11) is -3.33. The molecule has 3 aromatic rings. The van der Waals surface area contributed by atoms with E-state index in [-0.39, 0.29) is 52.7 Å². The minimum Gasteiger partial charge on any atom is -0.462 e. The number of nitrogens with zero attached hydrogens (tertiary/aromatic N) is 2. The molecule has 1 aromatic heterocycles. The van der Waals surface area contributed by atoms with Crippen LogP contribution in [0, 0.1) is 0 Å². The average molecular weight is 556 g/mol. The molecule has 0 unspecified atom stereocenters. The summed E-state index contributed by atoms with van der Waals surface area (Å²) in [5.41, 5.74) is -0.543. The van der Waals surface area contributed by atoms with Crippen molar-refractivity contribution in [1.82, 2.24) is 9.13 Å². The largest absolute Gasteiger partial charge is 0.462 e. The van der Waals surface area contributed by atoms with Crippen LogP contribution < -0.4 is 16.6 Å². The number of hydrogen-bond donors (Lipinski definition) is 1. The van der Waals surface area contributed by atoms with E-state index in [9.17, 15) is 27.6 Å². The van der Waals surface area contributed by atoms with E-state index in [1.165, 1.54) is 10.6 Å². The van der Waals surface area contributed by atoms with Crippen LogP contribution in [0.5, 0.6) is 0 Å². The predicted molar refractivity (Wildman–Crippen MR) is 149 cm³/mol. The first-order valence-corrected chi connectivity index (χ1v) is 14.9. The highest BCUT2D eigenvalue weighted by molar-refractivity contribution is 7.92. The first kappa shape index (κ1) is 28.3. The maximum absolute atomic E-state index is 13.4. The first-order chi connectivity index (χ1) is 18.7. The molecule has 208 valence electrons. The van der Waals surface area contributed by atoms with Gasteiger partial charge in [0.1, 0.15) is 6.54 Å². The van der Waals surface area contributed by atoms with Gasteiger partial charge in [0.2, 0.25) is 5.91 Å². The van der Waals surface area contributed by atoms with Gasteiger partial charge in [-0.15, -0.1) is 0 Å². The van der Waals surface area contributed by atoms with Crippen molar-refractivity contribution in [3.8, 4) is 0 Å². The number of amides is 1. The Morgan fingerprint density at radius 3 is 2.41 bits per heavy atom. The number of rotatable bonds is 10. The smallest absolute Gasteiger partial charge is 0.340 e. The van der Waals surface area contributed by atoms with Crippen LogP contribution in [0.25, 0.3) is 10.9 Å². The van der Waals surface area contributed by atoms with Crippen molar-refractivity contribution >= 4 is 38.3 Å². The average Bonchev–Trinajstić information content (AvgIpc) is 2.94. The summed E-state index contributed by atoms with van der Waals surface area (Å²) in [5.74, 6) is -1.28. The fourth-order valence-electron chi connectivity index (χ4n) is 5.05. The molecule has 2 aromatic carbocycles. The second-order valence-electron chi connectivity index (χ2n) is 9.64. The number of para-hydroxylation sites is 2. The minimum atomic E-state index is -3.33. The van der Waals surface area contributed by atoms with Crippen molar-refractivity contribution < 1.29 is 22.7 Å². The van der Waals surface area contributed by atoms with Crippen LogP contribution in [-0.4, -0.2) is 47.0 Å². The molecule has 1 N–H and O–H groups in total. The summed E-state index contributed by atoms with van der Waals surface area (Å²) in [5, 5.41) is 2.54. The van der Waals surface area contributed by atoms with Crippen LogP contribution >= 0.6 is 0 Å². The highest BCUT2D eigenvalue weighted by Gasteiger charge is 2.27. The van der Waals surface area contributed by atoms with E-state index in [2.05, 4.69) is 5.32 Å². The van der Waals surface area contributed by atoms with Crippen molar-refractivity contribution in [1.29, 1.82) is 0 Å². The number of fused-ring (bicyclic) bond motifs is 1. The molecule has 4 rings (SSSR count). The van der Waals surface area contributed by atoms with Crippen molar-refractivity contribution in [2.24, 2.45) is 0 Å². The highest BCUT2D eigenvalue weighted by atomic mass is 32.2. The van der Waals surface area contributed by atoms with Crippen molar-refractivity contribution in [2.45, 2.75) is 63.8 Å². The van der Waals surface area contributed by atoms with E-state index >= 15 is 0 Å². The zero-order chi connectivity index (χ0) is 28.0. The molecule has 1 amide bonds. The Morgan fingerprint density at radius 2 is 1.67 bits per heavy atom. The van der Waals surface area contributed by atoms with Gasteiger partial charge in [-0.3, -0.25) is 18.7 Å². The van der Waals surface area contributed by atoms with Crippen LogP contribution in [0.3, 0.4) is 0 Å². The Hall–Kier alpha value is -3.73. The minimum absolute atomic E-state index is 0.0816. The fourth-order valence-corrected chi connectivity index (χ4v) is 6.96. The molecule has 0 saturated heterocycles. The van der Waals surface area contributed by atoms with E-state index < -0.39 is 39.5 Å². The molecule has 0 aliphatic heterocycles. The summed E-state index contributed by atoms with van der Waals surface area (Å²) < 4.78 is 32.8. The lowest BCUT2D eigenvalue weighted by molar-refractivity contribution is -0.116. The number of ether oxygens (including phenoxy) is 1. The third-order valence-corrected chi connectivity index (χ3v) is 9.35. The van der Waals surface area contributed by atoms with Crippen molar-refractivity contribution in [3.05, 3.63) is 74.9 Å². The topological polar surface area (TPSA) is 134 Å². The third-order valence-electron chi connectivity index (χ3n) is 7.00. The number of carbonyl (C=O) groups is 2. The maximum atomic E-state index is 13.4. The number of nitrogens with one attached hydrogen (secondary N) is 1. The molecular weight excluding hydrogens is 522 g/mol. The van der Waals surface area contributed by atoms with Gasteiger partial charge < -0.3 is 10.1 Å². The summed E-state index contributed by atoms with van der Waals surface area (Å²) in [4.78, 5) is 51.9. The van der Waals surface area contributed by atoms with E-state index in [1.54, 1.807) is 49.4 Å². The molecule has 39 heavy (non-hydrogen) atoms. The SMILES string of the molecule is CCOC(=O)c1ccccc1NC(=O)Cn1c(=O)n(CCCS(=O)(=O)C2CCCCC2)c(=O)c2ccccc21. The number of aromatic nitrogens is 2. The van der Waals surface area contributed by atoms with Gasteiger partial charge in [-0.05, 0) is 50.5 Å². The Morgan fingerprint density at radius 1 is 0.974 bits per heavy atom.